The van der Waals surface area contributed by atoms with Crippen molar-refractivity contribution in [2.75, 3.05) is 0 Å². The molecule has 8 heavy (non-hydrogen) atoms. The van der Waals surface area contributed by atoms with Crippen LogP contribution >= 0.6 is 11.6 Å². The Morgan fingerprint density at radius 3 is 2.75 bits per heavy atom. The molecule has 0 N–H and O–H groups in total. The largest absolute Gasteiger partial charge is 0.207 e. The van der Waals surface area contributed by atoms with Crippen molar-refractivity contribution in [3.8, 4) is 0 Å². The Balaban J connectivity index is 2.69. The van der Waals surface area contributed by atoms with Gasteiger partial charge in [-0.1, -0.05) is 11.6 Å². The second-order valence-electron chi connectivity index (χ2n) is 1.72. The van der Waals surface area contributed by atoms with Crippen LogP contribution in [-0.2, 0) is 0 Å². The van der Waals surface area contributed by atoms with Crippen molar-refractivity contribution >= 4 is 11.6 Å². The summed E-state index contributed by atoms with van der Waals surface area (Å²) >= 11 is 5.49. The molecule has 0 spiro atoms. The fourth-order valence-electron chi connectivity index (χ4n) is 0.629. The summed E-state index contributed by atoms with van der Waals surface area (Å²) in [5, 5.41) is 0.616. The van der Waals surface area contributed by atoms with Gasteiger partial charge in [-0.2, -0.15) is 0 Å². The Morgan fingerprint density at radius 1 is 1.62 bits per heavy atom. The molecule has 2 heteroatoms. The SMILES string of the molecule is FC1=CCCC(Cl)=C1. The molecular formula is C6H6ClF. The smallest absolute Gasteiger partial charge is 0.120 e. The number of allylic oxidation sites excluding steroid dienone is 4. The molecule has 44 valence electrons. The van der Waals surface area contributed by atoms with Gasteiger partial charge in [-0.05, 0) is 25.0 Å². The Morgan fingerprint density at radius 2 is 2.38 bits per heavy atom. The van der Waals surface area contributed by atoms with E-state index in [1.807, 2.05) is 0 Å². The van der Waals surface area contributed by atoms with Crippen LogP contribution in [-0.4, -0.2) is 0 Å². The minimum absolute atomic E-state index is 0.207. The summed E-state index contributed by atoms with van der Waals surface area (Å²) < 4.78 is 12.1. The van der Waals surface area contributed by atoms with Gasteiger partial charge in [0.05, 0.1) is 0 Å². The third-order valence-corrected chi connectivity index (χ3v) is 1.32. The molecule has 0 aromatic carbocycles. The van der Waals surface area contributed by atoms with Crippen LogP contribution in [0.5, 0.6) is 0 Å². The van der Waals surface area contributed by atoms with Crippen LogP contribution in [0.2, 0.25) is 0 Å². The summed E-state index contributed by atoms with van der Waals surface area (Å²) in [7, 11) is 0. The molecule has 0 aromatic heterocycles. The van der Waals surface area contributed by atoms with Crippen molar-refractivity contribution in [1.29, 1.82) is 0 Å². The monoisotopic (exact) mass is 132 g/mol. The maximum atomic E-state index is 12.1. The van der Waals surface area contributed by atoms with E-state index in [-0.39, 0.29) is 5.83 Å². The van der Waals surface area contributed by atoms with Crippen molar-refractivity contribution in [3.63, 3.8) is 0 Å². The first kappa shape index (κ1) is 5.83. The number of halogens is 2. The van der Waals surface area contributed by atoms with E-state index in [9.17, 15) is 4.39 Å². The van der Waals surface area contributed by atoms with Crippen molar-refractivity contribution in [3.05, 3.63) is 23.0 Å². The van der Waals surface area contributed by atoms with Gasteiger partial charge in [-0.15, -0.1) is 0 Å². The molecule has 1 aliphatic carbocycles. The normalized spacial score (nSPS) is 19.8. The third kappa shape index (κ3) is 1.34. The van der Waals surface area contributed by atoms with Gasteiger partial charge in [0.15, 0.2) is 0 Å². The Kier molecular flexibility index (Phi) is 1.69. The molecule has 1 rings (SSSR count). The lowest BCUT2D eigenvalue weighted by Crippen LogP contribution is -1.81. The van der Waals surface area contributed by atoms with Crippen molar-refractivity contribution < 1.29 is 4.39 Å². The molecule has 0 unspecified atom stereocenters. The molecule has 0 aliphatic heterocycles. The second kappa shape index (κ2) is 2.31. The Labute approximate surface area is 52.6 Å². The first-order valence-electron chi connectivity index (χ1n) is 2.51. The van der Waals surface area contributed by atoms with Crippen LogP contribution in [0.4, 0.5) is 4.39 Å². The van der Waals surface area contributed by atoms with Crippen LogP contribution in [0.1, 0.15) is 12.8 Å². The molecular weight excluding hydrogens is 127 g/mol. The van der Waals surface area contributed by atoms with E-state index in [4.69, 9.17) is 11.6 Å². The predicted molar refractivity (Wildman–Crippen MR) is 32.4 cm³/mol. The zero-order chi connectivity index (χ0) is 5.98. The molecule has 0 heterocycles. The van der Waals surface area contributed by atoms with Gasteiger partial charge in [0, 0.05) is 5.03 Å². The van der Waals surface area contributed by atoms with E-state index in [2.05, 4.69) is 0 Å². The maximum absolute atomic E-state index is 12.1. The highest BCUT2D eigenvalue weighted by molar-refractivity contribution is 6.29. The summed E-state index contributed by atoms with van der Waals surface area (Å²) in [6, 6.07) is 0. The lowest BCUT2D eigenvalue weighted by Gasteiger charge is -1.99. The van der Waals surface area contributed by atoms with Gasteiger partial charge < -0.3 is 0 Å². The first-order valence-corrected chi connectivity index (χ1v) is 2.88. The first-order chi connectivity index (χ1) is 3.79. The molecule has 0 radical (unpaired) electrons. The fourth-order valence-corrected chi connectivity index (χ4v) is 0.842. The standard InChI is InChI=1S/C6H6ClF/c7-5-2-1-3-6(8)4-5/h3-4H,1-2H2. The van der Waals surface area contributed by atoms with Gasteiger partial charge >= 0.3 is 0 Å². The number of hydrogen-bond acceptors (Lipinski definition) is 0. The van der Waals surface area contributed by atoms with E-state index in [0.717, 1.165) is 12.8 Å². The predicted octanol–water partition coefficient (Wildman–Crippen LogP) is 2.76. The highest BCUT2D eigenvalue weighted by Crippen LogP contribution is 2.20. The molecule has 0 nitrogen and oxygen atoms in total. The van der Waals surface area contributed by atoms with E-state index in [0.29, 0.717) is 5.03 Å². The topological polar surface area (TPSA) is 0 Å². The van der Waals surface area contributed by atoms with Crippen LogP contribution < -0.4 is 0 Å². The summed E-state index contributed by atoms with van der Waals surface area (Å²) in [6.45, 7) is 0. The average molecular weight is 133 g/mol. The minimum Gasteiger partial charge on any atom is -0.207 e. The van der Waals surface area contributed by atoms with Crippen molar-refractivity contribution in [2.45, 2.75) is 12.8 Å². The maximum Gasteiger partial charge on any atom is 0.120 e. The third-order valence-electron chi connectivity index (χ3n) is 1.02. The molecule has 0 saturated heterocycles. The molecule has 0 amide bonds. The minimum atomic E-state index is -0.207. The Bertz CT molecular complexity index is 147. The molecule has 0 fully saturated rings. The summed E-state index contributed by atoms with van der Waals surface area (Å²) in [6.07, 6.45) is 4.41. The van der Waals surface area contributed by atoms with Gasteiger partial charge in [0.1, 0.15) is 5.83 Å². The Hall–Kier alpha value is -0.300. The van der Waals surface area contributed by atoms with Crippen LogP contribution in [0.25, 0.3) is 0 Å². The highest BCUT2D eigenvalue weighted by Gasteiger charge is 1.99. The quantitative estimate of drug-likeness (QED) is 0.476. The lowest BCUT2D eigenvalue weighted by molar-refractivity contribution is 0.651. The van der Waals surface area contributed by atoms with Gasteiger partial charge in [-0.3, -0.25) is 0 Å². The van der Waals surface area contributed by atoms with E-state index < -0.39 is 0 Å². The highest BCUT2D eigenvalue weighted by atomic mass is 35.5. The second-order valence-corrected chi connectivity index (χ2v) is 2.20. The van der Waals surface area contributed by atoms with Gasteiger partial charge in [-0.25, -0.2) is 4.39 Å². The van der Waals surface area contributed by atoms with Gasteiger partial charge in [0.2, 0.25) is 0 Å². The van der Waals surface area contributed by atoms with E-state index in [1.54, 1.807) is 0 Å². The molecule has 0 atom stereocenters. The van der Waals surface area contributed by atoms with Crippen LogP contribution in [0.15, 0.2) is 23.0 Å². The zero-order valence-corrected chi connectivity index (χ0v) is 5.08. The molecule has 0 bridgehead atoms. The summed E-state index contributed by atoms with van der Waals surface area (Å²) in [5.41, 5.74) is 0. The van der Waals surface area contributed by atoms with Crippen molar-refractivity contribution in [2.24, 2.45) is 0 Å². The summed E-state index contributed by atoms with van der Waals surface area (Å²) in [4.78, 5) is 0. The molecule has 0 aromatic rings. The fraction of sp³-hybridized carbons (Fsp3) is 0.333. The average Bonchev–Trinajstić information content (AvgIpc) is 1.64. The summed E-state index contributed by atoms with van der Waals surface area (Å²) in [5.74, 6) is -0.207. The van der Waals surface area contributed by atoms with Crippen LogP contribution in [0.3, 0.4) is 0 Å². The van der Waals surface area contributed by atoms with Gasteiger partial charge in [0.25, 0.3) is 0 Å². The molecule has 0 saturated carbocycles. The van der Waals surface area contributed by atoms with Crippen molar-refractivity contribution in [1.82, 2.24) is 0 Å². The zero-order valence-electron chi connectivity index (χ0n) is 4.32. The van der Waals surface area contributed by atoms with E-state index >= 15 is 0 Å². The molecule has 1 aliphatic rings. The van der Waals surface area contributed by atoms with E-state index in [1.165, 1.54) is 12.2 Å². The lowest BCUT2D eigenvalue weighted by atomic mass is 10.2. The number of rotatable bonds is 0. The van der Waals surface area contributed by atoms with Crippen LogP contribution in [0, 0.1) is 0 Å². The number of hydrogen-bond donors (Lipinski definition) is 0.